The summed E-state index contributed by atoms with van der Waals surface area (Å²) in [5.41, 5.74) is 6.51. The SMILES string of the molecule is NC1=NC(=O)C2=NC=C([C@H]3C[C@H](O)[C@@H](CO)O3)C2=N1. The molecule has 100 valence electrons. The summed E-state index contributed by atoms with van der Waals surface area (Å²) in [4.78, 5) is 23.1. The summed E-state index contributed by atoms with van der Waals surface area (Å²) in [7, 11) is 0. The molecule has 3 aliphatic heterocycles. The van der Waals surface area contributed by atoms with Gasteiger partial charge in [0.15, 0.2) is 5.71 Å². The van der Waals surface area contributed by atoms with Gasteiger partial charge in [0.1, 0.15) is 11.8 Å². The predicted octanol–water partition coefficient (Wildman–Crippen LogP) is -1.87. The average molecular weight is 264 g/mol. The van der Waals surface area contributed by atoms with Crippen molar-refractivity contribution < 1.29 is 19.7 Å². The third-order valence-corrected chi connectivity index (χ3v) is 3.23. The van der Waals surface area contributed by atoms with Gasteiger partial charge in [-0.25, -0.2) is 9.98 Å². The molecule has 8 nitrogen and oxygen atoms in total. The number of ether oxygens (including phenoxy) is 1. The lowest BCUT2D eigenvalue weighted by molar-refractivity contribution is -0.111. The van der Waals surface area contributed by atoms with E-state index in [0.717, 1.165) is 0 Å². The lowest BCUT2D eigenvalue weighted by atomic mass is 9.99. The van der Waals surface area contributed by atoms with Crippen molar-refractivity contribution in [3.8, 4) is 0 Å². The second-order valence-electron chi connectivity index (χ2n) is 4.45. The Labute approximate surface area is 108 Å². The van der Waals surface area contributed by atoms with Gasteiger partial charge in [-0.2, -0.15) is 4.99 Å². The van der Waals surface area contributed by atoms with E-state index in [0.29, 0.717) is 17.7 Å². The van der Waals surface area contributed by atoms with Crippen LogP contribution in [0.25, 0.3) is 0 Å². The highest BCUT2D eigenvalue weighted by atomic mass is 16.5. The Morgan fingerprint density at radius 1 is 1.42 bits per heavy atom. The van der Waals surface area contributed by atoms with Crippen LogP contribution in [-0.2, 0) is 9.53 Å². The van der Waals surface area contributed by atoms with E-state index in [-0.39, 0.29) is 18.3 Å². The van der Waals surface area contributed by atoms with Crippen LogP contribution in [-0.4, -0.2) is 58.4 Å². The first-order valence-corrected chi connectivity index (χ1v) is 5.80. The molecule has 0 radical (unpaired) electrons. The van der Waals surface area contributed by atoms with E-state index in [4.69, 9.17) is 15.6 Å². The summed E-state index contributed by atoms with van der Waals surface area (Å²) in [6, 6.07) is 0. The third-order valence-electron chi connectivity index (χ3n) is 3.23. The van der Waals surface area contributed by atoms with E-state index in [2.05, 4.69) is 15.0 Å². The van der Waals surface area contributed by atoms with E-state index >= 15 is 0 Å². The molecule has 1 fully saturated rings. The van der Waals surface area contributed by atoms with E-state index in [1.165, 1.54) is 6.20 Å². The van der Waals surface area contributed by atoms with Crippen molar-refractivity contribution in [1.29, 1.82) is 0 Å². The summed E-state index contributed by atoms with van der Waals surface area (Å²) in [5.74, 6) is -0.657. The minimum atomic E-state index is -0.758. The number of rotatable bonds is 2. The molecule has 0 aromatic rings. The lowest BCUT2D eigenvalue weighted by Crippen LogP contribution is -2.33. The molecule has 1 amide bonds. The number of guanidine groups is 1. The molecule has 4 N–H and O–H groups in total. The fraction of sp³-hybridized carbons (Fsp3) is 0.455. The normalized spacial score (nSPS) is 33.6. The van der Waals surface area contributed by atoms with Crippen molar-refractivity contribution in [2.75, 3.05) is 6.61 Å². The Morgan fingerprint density at radius 3 is 2.89 bits per heavy atom. The quantitative estimate of drug-likeness (QED) is 0.538. The number of nitrogens with zero attached hydrogens (tertiary/aromatic N) is 3. The first-order chi connectivity index (χ1) is 9.10. The summed E-state index contributed by atoms with van der Waals surface area (Å²) in [6.45, 7) is -0.270. The topological polar surface area (TPSA) is 130 Å². The summed E-state index contributed by atoms with van der Waals surface area (Å²) >= 11 is 0. The molecule has 0 aliphatic carbocycles. The highest BCUT2D eigenvalue weighted by Crippen LogP contribution is 2.29. The van der Waals surface area contributed by atoms with Gasteiger partial charge in [0.05, 0.1) is 18.8 Å². The predicted molar refractivity (Wildman–Crippen MR) is 66.0 cm³/mol. The van der Waals surface area contributed by atoms with Crippen LogP contribution in [0, 0.1) is 0 Å². The Hall–Kier alpha value is -1.90. The smallest absolute Gasteiger partial charge is 0.301 e. The van der Waals surface area contributed by atoms with Gasteiger partial charge in [-0.05, 0) is 0 Å². The maximum absolute atomic E-state index is 11.6. The van der Waals surface area contributed by atoms with E-state index < -0.39 is 24.2 Å². The van der Waals surface area contributed by atoms with Gasteiger partial charge in [0, 0.05) is 18.2 Å². The molecular weight excluding hydrogens is 252 g/mol. The molecule has 0 aromatic heterocycles. The fourth-order valence-corrected chi connectivity index (χ4v) is 2.29. The molecule has 3 heterocycles. The van der Waals surface area contributed by atoms with Gasteiger partial charge in [-0.15, -0.1) is 0 Å². The summed E-state index contributed by atoms with van der Waals surface area (Å²) in [6.07, 6.45) is -0.0842. The van der Waals surface area contributed by atoms with Crippen molar-refractivity contribution in [2.24, 2.45) is 20.7 Å². The molecule has 8 heteroatoms. The van der Waals surface area contributed by atoms with E-state index in [9.17, 15) is 9.90 Å². The Kier molecular flexibility index (Phi) is 2.77. The Bertz CT molecular complexity index is 563. The molecule has 1 saturated heterocycles. The summed E-state index contributed by atoms with van der Waals surface area (Å²) < 4.78 is 5.51. The lowest BCUT2D eigenvalue weighted by Gasteiger charge is -2.15. The fourth-order valence-electron chi connectivity index (χ4n) is 2.29. The number of aliphatic hydroxyl groups excluding tert-OH is 2. The van der Waals surface area contributed by atoms with Crippen LogP contribution in [0.2, 0.25) is 0 Å². The second-order valence-corrected chi connectivity index (χ2v) is 4.45. The maximum atomic E-state index is 11.6. The Morgan fingerprint density at radius 2 is 2.21 bits per heavy atom. The summed E-state index contributed by atoms with van der Waals surface area (Å²) in [5, 5.41) is 18.8. The first-order valence-electron chi connectivity index (χ1n) is 5.80. The van der Waals surface area contributed by atoms with Crippen LogP contribution in [0.3, 0.4) is 0 Å². The zero-order valence-corrected chi connectivity index (χ0v) is 9.85. The van der Waals surface area contributed by atoms with Crippen molar-refractivity contribution in [3.05, 3.63) is 11.8 Å². The molecule has 19 heavy (non-hydrogen) atoms. The van der Waals surface area contributed by atoms with Crippen molar-refractivity contribution >= 4 is 23.3 Å². The zero-order chi connectivity index (χ0) is 13.6. The number of hydrogen-bond acceptors (Lipinski definition) is 7. The van der Waals surface area contributed by atoms with Crippen LogP contribution >= 0.6 is 0 Å². The van der Waals surface area contributed by atoms with Gasteiger partial charge in [-0.3, -0.25) is 4.79 Å². The van der Waals surface area contributed by atoms with Gasteiger partial charge < -0.3 is 20.7 Å². The zero-order valence-electron chi connectivity index (χ0n) is 9.85. The number of fused-ring (bicyclic) bond motifs is 1. The highest BCUT2D eigenvalue weighted by Gasteiger charge is 2.40. The van der Waals surface area contributed by atoms with Crippen LogP contribution in [0.1, 0.15) is 6.42 Å². The monoisotopic (exact) mass is 264 g/mol. The molecule has 0 spiro atoms. The standard InChI is InChI=1S/C11H12N4O4/c12-11-14-8-4(2-13-9(8)10(18)15-11)6-1-5(17)7(3-16)19-6/h2,5-7,16-17H,1,3H2,(H2,12,15,18)/t5-,6+,7+/m0/s1. The molecule has 0 aromatic carbocycles. The second kappa shape index (κ2) is 4.34. The molecule has 0 unspecified atom stereocenters. The van der Waals surface area contributed by atoms with Crippen LogP contribution < -0.4 is 5.73 Å². The van der Waals surface area contributed by atoms with Crippen LogP contribution in [0.5, 0.6) is 0 Å². The largest absolute Gasteiger partial charge is 0.394 e. The molecule has 0 saturated carbocycles. The average Bonchev–Trinajstić information content (AvgIpc) is 2.92. The Balaban J connectivity index is 1.86. The number of amides is 1. The number of carbonyl (C=O) groups excluding carboxylic acids is 1. The van der Waals surface area contributed by atoms with Crippen LogP contribution in [0.15, 0.2) is 26.8 Å². The minimum Gasteiger partial charge on any atom is -0.394 e. The molecule has 0 bridgehead atoms. The van der Waals surface area contributed by atoms with E-state index in [1.54, 1.807) is 0 Å². The molecule has 3 aliphatic rings. The molecule has 3 atom stereocenters. The molecule has 3 rings (SSSR count). The van der Waals surface area contributed by atoms with Crippen molar-refractivity contribution in [3.63, 3.8) is 0 Å². The van der Waals surface area contributed by atoms with Crippen molar-refractivity contribution in [2.45, 2.75) is 24.7 Å². The van der Waals surface area contributed by atoms with Crippen molar-refractivity contribution in [1.82, 2.24) is 0 Å². The maximum Gasteiger partial charge on any atom is 0.301 e. The first kappa shape index (κ1) is 12.2. The van der Waals surface area contributed by atoms with Crippen LogP contribution in [0.4, 0.5) is 0 Å². The highest BCUT2D eigenvalue weighted by molar-refractivity contribution is 6.73. The van der Waals surface area contributed by atoms with Gasteiger partial charge in [0.2, 0.25) is 5.96 Å². The minimum absolute atomic E-state index is 0.121. The molecular formula is C11H12N4O4. The number of nitrogens with two attached hydrogens (primary N) is 1. The van der Waals surface area contributed by atoms with Gasteiger partial charge in [-0.1, -0.05) is 0 Å². The van der Waals surface area contributed by atoms with E-state index in [1.807, 2.05) is 0 Å². The number of aliphatic imine (C=N–C) groups is 3. The number of carbonyl (C=O) groups is 1. The number of hydrogen-bond donors (Lipinski definition) is 3. The van der Waals surface area contributed by atoms with Gasteiger partial charge >= 0.3 is 5.91 Å². The third kappa shape index (κ3) is 1.89. The van der Waals surface area contributed by atoms with Gasteiger partial charge in [0.25, 0.3) is 0 Å². The number of aliphatic hydroxyl groups is 2.